The van der Waals surface area contributed by atoms with E-state index in [9.17, 15) is 14.0 Å². The summed E-state index contributed by atoms with van der Waals surface area (Å²) in [7, 11) is 3.60. The number of piperazine rings is 1. The highest BCUT2D eigenvalue weighted by Crippen LogP contribution is 2.32. The van der Waals surface area contributed by atoms with Crippen molar-refractivity contribution in [3.05, 3.63) is 29.1 Å². The standard InChI is InChI=1S/C24H36FN5O2/c1-16-7-8-20(25)19-14-21(27-23(16)19)24(32)26-17-5-4-6-18(13-17)30-11-9-29(10-12-30)15-22(31)28(2)3/h7-8,17-18,21,27H,4-6,9-15H2,1-3H3,(H,26,32)/t17-,18?,21?/m1/s1. The minimum Gasteiger partial charge on any atom is -0.373 e. The summed E-state index contributed by atoms with van der Waals surface area (Å²) in [6.45, 7) is 6.16. The van der Waals surface area contributed by atoms with Gasteiger partial charge >= 0.3 is 0 Å². The highest BCUT2D eigenvalue weighted by atomic mass is 19.1. The summed E-state index contributed by atoms with van der Waals surface area (Å²) in [6.07, 6.45) is 4.60. The van der Waals surface area contributed by atoms with Crippen molar-refractivity contribution >= 4 is 17.5 Å². The van der Waals surface area contributed by atoms with E-state index in [1.165, 1.54) is 6.07 Å². The van der Waals surface area contributed by atoms with Crippen LogP contribution in [0.3, 0.4) is 0 Å². The van der Waals surface area contributed by atoms with Gasteiger partial charge in [0.2, 0.25) is 11.8 Å². The van der Waals surface area contributed by atoms with Gasteiger partial charge in [-0.2, -0.15) is 0 Å². The molecule has 3 aliphatic rings. The Bertz CT molecular complexity index is 822. The summed E-state index contributed by atoms with van der Waals surface area (Å²) in [6, 6.07) is 3.46. The number of likely N-dealkylation sites (N-methyl/N-ethyl adjacent to an activating group) is 1. The van der Waals surface area contributed by atoms with E-state index in [2.05, 4.69) is 20.4 Å². The Kier molecular flexibility index (Phi) is 7.00. The second-order valence-corrected chi connectivity index (χ2v) is 9.75. The van der Waals surface area contributed by atoms with E-state index in [1.54, 1.807) is 25.1 Å². The topological polar surface area (TPSA) is 67.9 Å². The number of aryl methyl sites for hydroxylation is 1. The van der Waals surface area contributed by atoms with Crippen LogP contribution >= 0.6 is 0 Å². The number of fused-ring (bicyclic) bond motifs is 1. The van der Waals surface area contributed by atoms with Crippen molar-refractivity contribution in [2.75, 3.05) is 52.1 Å². The molecule has 1 saturated carbocycles. The van der Waals surface area contributed by atoms with Crippen LogP contribution in [-0.4, -0.2) is 91.5 Å². The van der Waals surface area contributed by atoms with Crippen LogP contribution in [0.2, 0.25) is 0 Å². The van der Waals surface area contributed by atoms with Gasteiger partial charge in [-0.05, 0) is 44.2 Å². The van der Waals surface area contributed by atoms with Gasteiger partial charge in [-0.1, -0.05) is 6.07 Å². The molecular weight excluding hydrogens is 409 g/mol. The van der Waals surface area contributed by atoms with Gasteiger partial charge in [0, 0.05) is 70.0 Å². The molecule has 8 heteroatoms. The number of hydrogen-bond acceptors (Lipinski definition) is 5. The molecule has 7 nitrogen and oxygen atoms in total. The zero-order valence-corrected chi connectivity index (χ0v) is 19.5. The first-order chi connectivity index (χ1) is 15.3. The second kappa shape index (κ2) is 9.75. The van der Waals surface area contributed by atoms with Crippen LogP contribution in [0.15, 0.2) is 12.1 Å². The molecule has 4 rings (SSSR count). The molecule has 0 spiro atoms. The molecule has 2 unspecified atom stereocenters. The minimum absolute atomic E-state index is 0.0299. The summed E-state index contributed by atoms with van der Waals surface area (Å²) in [5.74, 6) is -0.119. The van der Waals surface area contributed by atoms with Gasteiger partial charge in [-0.3, -0.25) is 19.4 Å². The summed E-state index contributed by atoms with van der Waals surface area (Å²) in [4.78, 5) is 31.3. The molecule has 1 aliphatic carbocycles. The molecule has 2 fully saturated rings. The number of carbonyl (C=O) groups excluding carboxylic acids is 2. The normalized spacial score (nSPS) is 26.3. The monoisotopic (exact) mass is 445 g/mol. The van der Waals surface area contributed by atoms with E-state index < -0.39 is 6.04 Å². The lowest BCUT2D eigenvalue weighted by atomic mass is 9.89. The first kappa shape index (κ1) is 23.0. The summed E-state index contributed by atoms with van der Waals surface area (Å²) >= 11 is 0. The van der Waals surface area contributed by atoms with Gasteiger partial charge < -0.3 is 15.5 Å². The smallest absolute Gasteiger partial charge is 0.243 e. The van der Waals surface area contributed by atoms with Crippen LogP contribution in [0.4, 0.5) is 10.1 Å². The number of anilines is 1. The largest absolute Gasteiger partial charge is 0.373 e. The van der Waals surface area contributed by atoms with E-state index in [4.69, 9.17) is 0 Å². The van der Waals surface area contributed by atoms with E-state index in [1.807, 2.05) is 6.92 Å². The maximum atomic E-state index is 14.2. The minimum atomic E-state index is -0.404. The number of nitrogens with one attached hydrogen (secondary N) is 2. The molecule has 3 atom stereocenters. The third kappa shape index (κ3) is 5.07. The van der Waals surface area contributed by atoms with Crippen LogP contribution < -0.4 is 10.6 Å². The number of benzene rings is 1. The Hall–Kier alpha value is -2.19. The first-order valence-corrected chi connectivity index (χ1v) is 11.8. The quantitative estimate of drug-likeness (QED) is 0.721. The lowest BCUT2D eigenvalue weighted by Crippen LogP contribution is -2.55. The maximum Gasteiger partial charge on any atom is 0.243 e. The van der Waals surface area contributed by atoms with Gasteiger partial charge in [-0.15, -0.1) is 0 Å². The zero-order valence-electron chi connectivity index (χ0n) is 19.5. The predicted octanol–water partition coefficient (Wildman–Crippen LogP) is 1.60. The highest BCUT2D eigenvalue weighted by molar-refractivity contribution is 5.88. The van der Waals surface area contributed by atoms with Gasteiger partial charge in [0.05, 0.1) is 6.54 Å². The zero-order chi connectivity index (χ0) is 22.8. The van der Waals surface area contributed by atoms with Crippen LogP contribution in [0.25, 0.3) is 0 Å². The average Bonchev–Trinajstić information content (AvgIpc) is 3.24. The van der Waals surface area contributed by atoms with Gasteiger partial charge in [-0.25, -0.2) is 4.39 Å². The lowest BCUT2D eigenvalue weighted by molar-refractivity contribution is -0.130. The SMILES string of the molecule is Cc1ccc(F)c2c1NC(C(=O)N[C@@H]1CCCC(N3CCN(CC(=O)N(C)C)CC3)C1)C2. The Morgan fingerprint density at radius 3 is 2.62 bits per heavy atom. The molecule has 32 heavy (non-hydrogen) atoms. The Morgan fingerprint density at radius 2 is 1.94 bits per heavy atom. The van der Waals surface area contributed by atoms with Crippen LogP contribution in [-0.2, 0) is 16.0 Å². The van der Waals surface area contributed by atoms with Crippen LogP contribution in [0, 0.1) is 12.7 Å². The third-order valence-electron chi connectivity index (χ3n) is 7.28. The fourth-order valence-corrected chi connectivity index (χ4v) is 5.28. The third-order valence-corrected chi connectivity index (χ3v) is 7.28. The number of carbonyl (C=O) groups is 2. The summed E-state index contributed by atoms with van der Waals surface area (Å²) in [5, 5.41) is 6.48. The van der Waals surface area contributed by atoms with E-state index in [0.29, 0.717) is 24.6 Å². The van der Waals surface area contributed by atoms with Crippen LogP contribution in [0.5, 0.6) is 0 Å². The molecule has 1 saturated heterocycles. The lowest BCUT2D eigenvalue weighted by Gasteiger charge is -2.42. The van der Waals surface area contributed by atoms with Gasteiger partial charge in [0.15, 0.2) is 0 Å². The van der Waals surface area contributed by atoms with Crippen LogP contribution in [0.1, 0.15) is 36.8 Å². The molecule has 0 aromatic heterocycles. The van der Waals surface area contributed by atoms with Crippen molar-refractivity contribution in [3.63, 3.8) is 0 Å². The van der Waals surface area contributed by atoms with Crippen molar-refractivity contribution in [1.29, 1.82) is 0 Å². The Balaban J connectivity index is 1.26. The molecule has 2 heterocycles. The molecular formula is C24H36FN5O2. The van der Waals surface area contributed by atoms with Crippen molar-refractivity contribution < 1.29 is 14.0 Å². The first-order valence-electron chi connectivity index (χ1n) is 11.8. The number of hydrogen-bond donors (Lipinski definition) is 2. The van der Waals surface area contributed by atoms with Crippen molar-refractivity contribution in [2.45, 2.75) is 57.2 Å². The van der Waals surface area contributed by atoms with Gasteiger partial charge in [0.25, 0.3) is 0 Å². The Morgan fingerprint density at radius 1 is 1.19 bits per heavy atom. The van der Waals surface area contributed by atoms with E-state index in [0.717, 1.165) is 63.1 Å². The second-order valence-electron chi connectivity index (χ2n) is 9.75. The fraction of sp³-hybridized carbons (Fsp3) is 0.667. The molecule has 0 bridgehead atoms. The molecule has 1 aromatic carbocycles. The molecule has 176 valence electrons. The number of halogens is 1. The molecule has 1 aromatic rings. The maximum absolute atomic E-state index is 14.2. The van der Waals surface area contributed by atoms with E-state index in [-0.39, 0.29) is 23.7 Å². The van der Waals surface area contributed by atoms with E-state index >= 15 is 0 Å². The molecule has 2 amide bonds. The summed E-state index contributed by atoms with van der Waals surface area (Å²) in [5.41, 5.74) is 2.37. The molecule has 0 radical (unpaired) electrons. The van der Waals surface area contributed by atoms with Gasteiger partial charge in [0.1, 0.15) is 11.9 Å². The van der Waals surface area contributed by atoms with Crippen molar-refractivity contribution in [3.8, 4) is 0 Å². The Labute approximate surface area is 190 Å². The van der Waals surface area contributed by atoms with Crippen molar-refractivity contribution in [1.82, 2.24) is 20.0 Å². The predicted molar refractivity (Wildman–Crippen MR) is 123 cm³/mol. The molecule has 2 N–H and O–H groups in total. The summed E-state index contributed by atoms with van der Waals surface area (Å²) < 4.78 is 14.2. The molecule has 2 aliphatic heterocycles. The number of amides is 2. The average molecular weight is 446 g/mol. The van der Waals surface area contributed by atoms with Crippen molar-refractivity contribution in [2.24, 2.45) is 0 Å². The highest BCUT2D eigenvalue weighted by Gasteiger charge is 2.34. The fourth-order valence-electron chi connectivity index (χ4n) is 5.28. The number of nitrogens with zero attached hydrogens (tertiary/aromatic N) is 3. The number of rotatable bonds is 5.